The molecule has 5 nitrogen and oxygen atoms in total. The van der Waals surface area contributed by atoms with Crippen LogP contribution in [0.1, 0.15) is 11.7 Å². The van der Waals surface area contributed by atoms with Crippen LogP contribution in [0.25, 0.3) is 0 Å². The van der Waals surface area contributed by atoms with Gasteiger partial charge in [0.15, 0.2) is 17.6 Å². The van der Waals surface area contributed by atoms with Crippen LogP contribution >= 0.6 is 0 Å². The lowest BCUT2D eigenvalue weighted by molar-refractivity contribution is -0.225. The van der Waals surface area contributed by atoms with Gasteiger partial charge in [-0.05, 0) is 12.1 Å². The summed E-state index contributed by atoms with van der Waals surface area (Å²) in [7, 11) is 3.98. The van der Waals surface area contributed by atoms with Gasteiger partial charge >= 0.3 is 6.18 Å². The molecule has 0 N–H and O–H groups in total. The minimum atomic E-state index is -4.60. The van der Waals surface area contributed by atoms with Gasteiger partial charge < -0.3 is 23.7 Å². The van der Waals surface area contributed by atoms with E-state index < -0.39 is 12.3 Å². The monoisotopic (exact) mass is 322 g/mol. The fourth-order valence-electron chi connectivity index (χ4n) is 2.06. The molecule has 1 aromatic carbocycles. The van der Waals surface area contributed by atoms with Crippen molar-refractivity contribution in [2.24, 2.45) is 0 Å². The van der Waals surface area contributed by atoms with E-state index in [4.69, 9.17) is 23.7 Å². The van der Waals surface area contributed by atoms with Gasteiger partial charge in [-0.1, -0.05) is 0 Å². The molecule has 22 heavy (non-hydrogen) atoms. The number of alkyl halides is 3. The van der Waals surface area contributed by atoms with Gasteiger partial charge in [0.25, 0.3) is 0 Å². The number of hydrogen-bond acceptors (Lipinski definition) is 5. The molecule has 1 fully saturated rings. The summed E-state index contributed by atoms with van der Waals surface area (Å²) < 4.78 is 65.1. The van der Waals surface area contributed by atoms with E-state index in [9.17, 15) is 13.2 Å². The highest BCUT2D eigenvalue weighted by molar-refractivity contribution is 5.56. The van der Waals surface area contributed by atoms with Crippen LogP contribution in [-0.2, 0) is 9.47 Å². The van der Waals surface area contributed by atoms with Crippen molar-refractivity contribution in [1.29, 1.82) is 0 Å². The first-order valence-corrected chi connectivity index (χ1v) is 6.51. The molecular weight excluding hydrogens is 305 g/mol. The maximum Gasteiger partial charge on any atom is 0.419 e. The fourth-order valence-corrected chi connectivity index (χ4v) is 2.06. The van der Waals surface area contributed by atoms with Crippen LogP contribution in [0.4, 0.5) is 13.2 Å². The van der Waals surface area contributed by atoms with E-state index in [1.807, 2.05) is 0 Å². The summed E-state index contributed by atoms with van der Waals surface area (Å²) in [6, 6.07) is 2.64. The zero-order chi connectivity index (χ0) is 16.3. The normalized spacial score (nSPS) is 18.7. The summed E-state index contributed by atoms with van der Waals surface area (Å²) in [5, 5.41) is 0. The van der Waals surface area contributed by atoms with Gasteiger partial charge in [-0.2, -0.15) is 13.2 Å². The minimum absolute atomic E-state index is 0.0686. The van der Waals surface area contributed by atoms with Crippen molar-refractivity contribution in [3.63, 3.8) is 0 Å². The smallest absolute Gasteiger partial charge is 0.419 e. The Morgan fingerprint density at radius 2 is 1.77 bits per heavy atom. The molecule has 0 spiro atoms. The summed E-state index contributed by atoms with van der Waals surface area (Å²) in [5.41, 5.74) is -0.173. The van der Waals surface area contributed by atoms with Crippen molar-refractivity contribution < 1.29 is 36.9 Å². The molecule has 124 valence electrons. The Labute approximate surface area is 125 Å². The maximum atomic E-state index is 13.3. The predicted molar refractivity (Wildman–Crippen MR) is 70.6 cm³/mol. The standard InChI is InChI=1S/C14H17F3O5/c1-18-10-5-4-9(11(19-2)12(10)20-3)13(14(15,16)17)22-7-8-6-21-8/h4-5,8,13H,6-7H2,1-3H3/t8-,13+/m0/s1. The third kappa shape index (κ3) is 3.56. The quantitative estimate of drug-likeness (QED) is 0.723. The number of ether oxygens (including phenoxy) is 5. The number of methoxy groups -OCH3 is 3. The number of epoxide rings is 1. The van der Waals surface area contributed by atoms with Crippen molar-refractivity contribution in [3.05, 3.63) is 17.7 Å². The van der Waals surface area contributed by atoms with Gasteiger partial charge in [0.05, 0.1) is 34.5 Å². The Kier molecular flexibility index (Phi) is 5.02. The molecule has 1 saturated heterocycles. The van der Waals surface area contributed by atoms with Gasteiger partial charge in [0.2, 0.25) is 5.75 Å². The molecule has 2 rings (SSSR count). The fraction of sp³-hybridized carbons (Fsp3) is 0.571. The molecule has 8 heteroatoms. The highest BCUT2D eigenvalue weighted by Crippen LogP contribution is 2.47. The molecule has 0 aliphatic carbocycles. The van der Waals surface area contributed by atoms with Gasteiger partial charge in [-0.3, -0.25) is 0 Å². The molecule has 0 amide bonds. The summed E-state index contributed by atoms with van der Waals surface area (Å²) >= 11 is 0. The molecule has 0 aromatic heterocycles. The molecule has 1 heterocycles. The minimum Gasteiger partial charge on any atom is -0.493 e. The van der Waals surface area contributed by atoms with E-state index in [0.717, 1.165) is 0 Å². The van der Waals surface area contributed by atoms with Crippen molar-refractivity contribution >= 4 is 0 Å². The first-order chi connectivity index (χ1) is 10.4. The SMILES string of the molecule is COc1ccc([C@@H](OC[C@@H]2CO2)C(F)(F)F)c(OC)c1OC. The lowest BCUT2D eigenvalue weighted by Gasteiger charge is -2.24. The summed E-state index contributed by atoms with van der Waals surface area (Å²) in [6.07, 6.45) is -7.01. The highest BCUT2D eigenvalue weighted by atomic mass is 19.4. The van der Waals surface area contributed by atoms with E-state index in [1.165, 1.54) is 33.5 Å². The zero-order valence-electron chi connectivity index (χ0n) is 12.4. The van der Waals surface area contributed by atoms with Crippen LogP contribution in [0.15, 0.2) is 12.1 Å². The van der Waals surface area contributed by atoms with E-state index >= 15 is 0 Å². The van der Waals surface area contributed by atoms with Crippen molar-refractivity contribution in [2.45, 2.75) is 18.4 Å². The Hall–Kier alpha value is -1.67. The van der Waals surface area contributed by atoms with Crippen LogP contribution in [-0.4, -0.2) is 46.8 Å². The van der Waals surface area contributed by atoms with Gasteiger partial charge in [-0.15, -0.1) is 0 Å². The van der Waals surface area contributed by atoms with Crippen molar-refractivity contribution in [2.75, 3.05) is 34.5 Å². The number of hydrogen-bond donors (Lipinski definition) is 0. The highest BCUT2D eigenvalue weighted by Gasteiger charge is 2.45. The van der Waals surface area contributed by atoms with Crippen molar-refractivity contribution in [3.8, 4) is 17.2 Å². The van der Waals surface area contributed by atoms with Gasteiger partial charge in [0, 0.05) is 5.56 Å². The largest absolute Gasteiger partial charge is 0.493 e. The molecule has 0 saturated carbocycles. The number of halogens is 3. The summed E-state index contributed by atoms with van der Waals surface area (Å²) in [6.45, 7) is 0.273. The number of rotatable bonds is 7. The first-order valence-electron chi connectivity index (χ1n) is 6.51. The maximum absolute atomic E-state index is 13.3. The molecule has 0 unspecified atom stereocenters. The van der Waals surface area contributed by atoms with Crippen molar-refractivity contribution in [1.82, 2.24) is 0 Å². The predicted octanol–water partition coefficient (Wildman–Crippen LogP) is 2.73. The van der Waals surface area contributed by atoms with Crippen LogP contribution < -0.4 is 14.2 Å². The second kappa shape index (κ2) is 6.62. The van der Waals surface area contributed by atoms with Crippen LogP contribution in [0.5, 0.6) is 17.2 Å². The van der Waals surface area contributed by atoms with Crippen LogP contribution in [0.3, 0.4) is 0 Å². The van der Waals surface area contributed by atoms with Gasteiger partial charge in [0.1, 0.15) is 6.10 Å². The zero-order valence-corrected chi connectivity index (χ0v) is 12.4. The molecule has 1 aromatic rings. The first kappa shape index (κ1) is 16.7. The summed E-state index contributed by atoms with van der Waals surface area (Å²) in [5.74, 6) is 0.290. The second-order valence-corrected chi connectivity index (χ2v) is 4.63. The third-order valence-electron chi connectivity index (χ3n) is 3.17. The van der Waals surface area contributed by atoms with E-state index in [1.54, 1.807) is 0 Å². The van der Waals surface area contributed by atoms with E-state index in [0.29, 0.717) is 6.61 Å². The van der Waals surface area contributed by atoms with Gasteiger partial charge in [-0.25, -0.2) is 0 Å². The average Bonchev–Trinajstić information content (AvgIpc) is 3.29. The molecular formula is C14H17F3O5. The van der Waals surface area contributed by atoms with E-state index in [2.05, 4.69) is 0 Å². The lowest BCUT2D eigenvalue weighted by atomic mass is 10.1. The third-order valence-corrected chi connectivity index (χ3v) is 3.17. The summed E-state index contributed by atoms with van der Waals surface area (Å²) in [4.78, 5) is 0. The molecule has 1 aliphatic rings. The molecule has 1 aliphatic heterocycles. The Bertz CT molecular complexity index is 514. The average molecular weight is 322 g/mol. The Morgan fingerprint density at radius 3 is 2.23 bits per heavy atom. The van der Waals surface area contributed by atoms with E-state index in [-0.39, 0.29) is 35.5 Å². The number of benzene rings is 1. The second-order valence-electron chi connectivity index (χ2n) is 4.63. The molecule has 0 radical (unpaired) electrons. The topological polar surface area (TPSA) is 49.5 Å². The Balaban J connectivity index is 2.40. The Morgan fingerprint density at radius 1 is 1.14 bits per heavy atom. The van der Waals surface area contributed by atoms with Crippen LogP contribution in [0, 0.1) is 0 Å². The molecule has 0 bridgehead atoms. The lowest BCUT2D eigenvalue weighted by Crippen LogP contribution is -2.25. The van der Waals surface area contributed by atoms with Crippen LogP contribution in [0.2, 0.25) is 0 Å². The molecule has 2 atom stereocenters.